The van der Waals surface area contributed by atoms with Gasteiger partial charge in [0.2, 0.25) is 0 Å². The van der Waals surface area contributed by atoms with E-state index < -0.39 is 0 Å². The van der Waals surface area contributed by atoms with Gasteiger partial charge in [-0.1, -0.05) is 43.6 Å². The third-order valence-electron chi connectivity index (χ3n) is 2.12. The molecule has 0 saturated heterocycles. The molecule has 0 aromatic heterocycles. The van der Waals surface area contributed by atoms with E-state index in [1.165, 1.54) is 7.11 Å². The van der Waals surface area contributed by atoms with E-state index in [1.807, 2.05) is 0 Å². The van der Waals surface area contributed by atoms with E-state index in [2.05, 4.69) is 48.5 Å². The van der Waals surface area contributed by atoms with Gasteiger partial charge in [0, 0.05) is 19.6 Å². The van der Waals surface area contributed by atoms with E-state index in [0.717, 1.165) is 13.1 Å². The van der Waals surface area contributed by atoms with Gasteiger partial charge in [0.1, 0.15) is 4.83 Å². The van der Waals surface area contributed by atoms with E-state index in [4.69, 9.17) is 4.74 Å². The maximum atomic E-state index is 11.3. The maximum Gasteiger partial charge on any atom is 0.320 e. The SMILES string of the molecule is COC(=O)C(Br)CN(CC(C)C)CC(C)C. The first-order chi connectivity index (χ1) is 7.36. The summed E-state index contributed by atoms with van der Waals surface area (Å²) in [5.41, 5.74) is 0. The molecule has 1 atom stereocenters. The van der Waals surface area contributed by atoms with Crippen LogP contribution < -0.4 is 0 Å². The fourth-order valence-electron chi connectivity index (χ4n) is 1.69. The number of carbonyl (C=O) groups excluding carboxylic acids is 1. The highest BCUT2D eigenvalue weighted by Gasteiger charge is 2.20. The summed E-state index contributed by atoms with van der Waals surface area (Å²) in [6.07, 6.45) is 0. The summed E-state index contributed by atoms with van der Waals surface area (Å²) in [5, 5.41) is 0. The number of ether oxygens (including phenoxy) is 1. The molecular formula is C12H24BrNO2. The summed E-state index contributed by atoms with van der Waals surface area (Å²) < 4.78 is 4.71. The molecule has 0 N–H and O–H groups in total. The smallest absolute Gasteiger partial charge is 0.320 e. The minimum absolute atomic E-state index is 0.197. The summed E-state index contributed by atoms with van der Waals surface area (Å²) in [5.74, 6) is 1.02. The molecule has 3 nitrogen and oxygen atoms in total. The van der Waals surface area contributed by atoms with Gasteiger partial charge in [-0.05, 0) is 11.8 Å². The molecule has 0 aromatic carbocycles. The molecule has 0 rings (SSSR count). The van der Waals surface area contributed by atoms with Crippen LogP contribution in [0.1, 0.15) is 27.7 Å². The number of hydrogen-bond acceptors (Lipinski definition) is 3. The van der Waals surface area contributed by atoms with E-state index in [1.54, 1.807) is 0 Å². The molecule has 0 radical (unpaired) electrons. The van der Waals surface area contributed by atoms with Gasteiger partial charge in [-0.2, -0.15) is 0 Å². The molecule has 1 unspecified atom stereocenters. The van der Waals surface area contributed by atoms with Gasteiger partial charge in [-0.25, -0.2) is 0 Å². The predicted octanol–water partition coefficient (Wildman–Crippen LogP) is 2.54. The lowest BCUT2D eigenvalue weighted by molar-refractivity contribution is -0.140. The quantitative estimate of drug-likeness (QED) is 0.534. The normalized spacial score (nSPS) is 13.6. The van der Waals surface area contributed by atoms with E-state index in [9.17, 15) is 4.79 Å². The Morgan fingerprint density at radius 1 is 1.12 bits per heavy atom. The van der Waals surface area contributed by atoms with Crippen LogP contribution in [-0.4, -0.2) is 42.4 Å². The summed E-state index contributed by atoms with van der Waals surface area (Å²) >= 11 is 3.37. The van der Waals surface area contributed by atoms with Crippen molar-refractivity contribution >= 4 is 21.9 Å². The van der Waals surface area contributed by atoms with E-state index in [0.29, 0.717) is 18.4 Å². The molecule has 0 fully saturated rings. The molecule has 16 heavy (non-hydrogen) atoms. The highest BCUT2D eigenvalue weighted by Crippen LogP contribution is 2.09. The van der Waals surface area contributed by atoms with Crippen LogP contribution >= 0.6 is 15.9 Å². The van der Waals surface area contributed by atoms with Crippen LogP contribution in [0.2, 0.25) is 0 Å². The lowest BCUT2D eigenvalue weighted by Gasteiger charge is -2.27. The Morgan fingerprint density at radius 3 is 1.88 bits per heavy atom. The first kappa shape index (κ1) is 15.9. The average molecular weight is 294 g/mol. The number of halogens is 1. The van der Waals surface area contributed by atoms with Crippen molar-refractivity contribution in [2.24, 2.45) is 11.8 Å². The molecule has 4 heteroatoms. The van der Waals surface area contributed by atoms with Crippen molar-refractivity contribution in [3.05, 3.63) is 0 Å². The molecule has 0 aliphatic carbocycles. The molecule has 0 aliphatic heterocycles. The first-order valence-corrected chi connectivity index (χ1v) is 6.72. The van der Waals surface area contributed by atoms with Gasteiger partial charge in [0.15, 0.2) is 0 Å². The number of alkyl halides is 1. The monoisotopic (exact) mass is 293 g/mol. The summed E-state index contributed by atoms with van der Waals surface area (Å²) in [7, 11) is 1.42. The average Bonchev–Trinajstić information content (AvgIpc) is 2.14. The zero-order valence-electron chi connectivity index (χ0n) is 11.0. The Balaban J connectivity index is 4.24. The predicted molar refractivity (Wildman–Crippen MR) is 70.8 cm³/mol. The van der Waals surface area contributed by atoms with Gasteiger partial charge >= 0.3 is 5.97 Å². The summed E-state index contributed by atoms with van der Waals surface area (Å²) in [4.78, 5) is 13.4. The van der Waals surface area contributed by atoms with E-state index in [-0.39, 0.29) is 10.8 Å². The number of rotatable bonds is 7. The van der Waals surface area contributed by atoms with Gasteiger partial charge in [-0.15, -0.1) is 0 Å². The molecular weight excluding hydrogens is 270 g/mol. The van der Waals surface area contributed by atoms with Gasteiger partial charge < -0.3 is 9.64 Å². The van der Waals surface area contributed by atoms with Crippen molar-refractivity contribution in [3.8, 4) is 0 Å². The third kappa shape index (κ3) is 7.23. The van der Waals surface area contributed by atoms with E-state index >= 15 is 0 Å². The van der Waals surface area contributed by atoms with Gasteiger partial charge in [0.05, 0.1) is 7.11 Å². The Kier molecular flexibility index (Phi) is 8.02. The van der Waals surface area contributed by atoms with Crippen LogP contribution in [0.3, 0.4) is 0 Å². The molecule has 0 bridgehead atoms. The van der Waals surface area contributed by atoms with Crippen LogP contribution in [0.15, 0.2) is 0 Å². The van der Waals surface area contributed by atoms with Gasteiger partial charge in [0.25, 0.3) is 0 Å². The van der Waals surface area contributed by atoms with Crippen LogP contribution in [0.5, 0.6) is 0 Å². The minimum atomic E-state index is -0.227. The second kappa shape index (κ2) is 8.07. The zero-order chi connectivity index (χ0) is 12.7. The second-order valence-corrected chi connectivity index (χ2v) is 6.10. The molecule has 96 valence electrons. The van der Waals surface area contributed by atoms with Gasteiger partial charge in [-0.3, -0.25) is 4.79 Å². The number of carbonyl (C=O) groups is 1. The van der Waals surface area contributed by atoms with Crippen molar-refractivity contribution in [3.63, 3.8) is 0 Å². The van der Waals surface area contributed by atoms with Crippen molar-refractivity contribution in [2.45, 2.75) is 32.5 Å². The van der Waals surface area contributed by atoms with Crippen LogP contribution in [0.25, 0.3) is 0 Å². The first-order valence-electron chi connectivity index (χ1n) is 5.81. The number of methoxy groups -OCH3 is 1. The molecule has 0 amide bonds. The van der Waals surface area contributed by atoms with Crippen molar-refractivity contribution in [1.29, 1.82) is 0 Å². The summed E-state index contributed by atoms with van der Waals surface area (Å²) in [6, 6.07) is 0. The fourth-order valence-corrected chi connectivity index (χ4v) is 2.28. The Morgan fingerprint density at radius 2 is 1.56 bits per heavy atom. The van der Waals surface area contributed by atoms with Crippen molar-refractivity contribution < 1.29 is 9.53 Å². The Hall–Kier alpha value is -0.0900. The standard InChI is InChI=1S/C12H24BrNO2/c1-9(2)6-14(7-10(3)4)8-11(13)12(15)16-5/h9-11H,6-8H2,1-5H3. The highest BCUT2D eigenvalue weighted by molar-refractivity contribution is 9.10. The van der Waals surface area contributed by atoms with Crippen LogP contribution in [-0.2, 0) is 9.53 Å². The lowest BCUT2D eigenvalue weighted by atomic mass is 10.1. The third-order valence-corrected chi connectivity index (χ3v) is 2.79. The van der Waals surface area contributed by atoms with Crippen LogP contribution in [0, 0.1) is 11.8 Å². The maximum absolute atomic E-state index is 11.3. The fraction of sp³-hybridized carbons (Fsp3) is 0.917. The molecule has 0 saturated carbocycles. The second-order valence-electron chi connectivity index (χ2n) is 5.00. The highest BCUT2D eigenvalue weighted by atomic mass is 79.9. The largest absolute Gasteiger partial charge is 0.468 e. The summed E-state index contributed by atoms with van der Waals surface area (Å²) in [6.45, 7) is 11.5. The van der Waals surface area contributed by atoms with Crippen molar-refractivity contribution in [2.75, 3.05) is 26.7 Å². The Bertz CT molecular complexity index is 197. The molecule has 0 spiro atoms. The topological polar surface area (TPSA) is 29.5 Å². The van der Waals surface area contributed by atoms with Crippen molar-refractivity contribution in [1.82, 2.24) is 4.90 Å². The molecule has 0 heterocycles. The minimum Gasteiger partial charge on any atom is -0.468 e. The zero-order valence-corrected chi connectivity index (χ0v) is 12.6. The molecule has 0 aliphatic rings. The number of nitrogens with zero attached hydrogens (tertiary/aromatic N) is 1. The number of esters is 1. The molecule has 0 aromatic rings. The Labute approximate surface area is 108 Å². The number of hydrogen-bond donors (Lipinski definition) is 0. The van der Waals surface area contributed by atoms with Crippen LogP contribution in [0.4, 0.5) is 0 Å². The lowest BCUT2D eigenvalue weighted by Crippen LogP contribution is -2.38.